The van der Waals surface area contributed by atoms with Gasteiger partial charge in [0.2, 0.25) is 0 Å². The van der Waals surface area contributed by atoms with Crippen molar-refractivity contribution in [3.63, 3.8) is 0 Å². The summed E-state index contributed by atoms with van der Waals surface area (Å²) in [4.78, 5) is 7.10. The Hall–Kier alpha value is -6.03. The van der Waals surface area contributed by atoms with E-state index in [1.54, 1.807) is 0 Å². The molecule has 3 heteroatoms. The lowest BCUT2D eigenvalue weighted by atomic mass is 9.81. The first-order chi connectivity index (χ1) is 25.0. The van der Waals surface area contributed by atoms with Gasteiger partial charge in [-0.2, -0.15) is 0 Å². The molecule has 0 radical (unpaired) electrons. The van der Waals surface area contributed by atoms with Crippen molar-refractivity contribution in [1.82, 2.24) is 4.98 Å². The molecule has 0 aliphatic heterocycles. The molecule has 1 aliphatic rings. The highest BCUT2D eigenvalue weighted by Gasteiger charge is 2.35. The SMILES string of the molecule is CC1(C)c2ccccc2-c2ccc(-c3ccc(-c4ccc5sc6ccc(N(c7ccccn7)c7cccc8ccccc78)cc6c5c4)cc3)cc21. The molecule has 0 fully saturated rings. The molecule has 0 amide bonds. The van der Waals surface area contributed by atoms with Crippen LogP contribution in [0.15, 0.2) is 170 Å². The number of rotatable bonds is 5. The maximum absolute atomic E-state index is 4.81. The van der Waals surface area contributed by atoms with E-state index in [9.17, 15) is 0 Å². The summed E-state index contributed by atoms with van der Waals surface area (Å²) in [6.45, 7) is 4.69. The Morgan fingerprint density at radius 1 is 0.490 bits per heavy atom. The van der Waals surface area contributed by atoms with Crippen molar-refractivity contribution in [2.75, 3.05) is 4.90 Å². The van der Waals surface area contributed by atoms with Gasteiger partial charge < -0.3 is 0 Å². The number of hydrogen-bond acceptors (Lipinski definition) is 3. The van der Waals surface area contributed by atoms with E-state index in [-0.39, 0.29) is 5.41 Å². The van der Waals surface area contributed by atoms with Crippen molar-refractivity contribution >= 4 is 59.5 Å². The van der Waals surface area contributed by atoms with Gasteiger partial charge in [-0.25, -0.2) is 4.98 Å². The van der Waals surface area contributed by atoms with E-state index in [4.69, 9.17) is 4.98 Å². The number of fused-ring (bicyclic) bond motifs is 7. The first kappa shape index (κ1) is 29.8. The summed E-state index contributed by atoms with van der Waals surface area (Å²) in [6, 6.07) is 59.8. The molecular weight excluding hydrogens is 637 g/mol. The number of aromatic nitrogens is 1. The molecule has 0 N–H and O–H groups in total. The number of anilines is 3. The first-order valence-corrected chi connectivity index (χ1v) is 18.4. The Morgan fingerprint density at radius 3 is 1.96 bits per heavy atom. The summed E-state index contributed by atoms with van der Waals surface area (Å²) in [5.41, 5.74) is 12.7. The molecule has 0 bridgehead atoms. The maximum Gasteiger partial charge on any atom is 0.137 e. The lowest BCUT2D eigenvalue weighted by Crippen LogP contribution is -2.14. The van der Waals surface area contributed by atoms with Gasteiger partial charge in [0.1, 0.15) is 5.82 Å². The third-order valence-corrected chi connectivity index (χ3v) is 11.9. The summed E-state index contributed by atoms with van der Waals surface area (Å²) in [7, 11) is 0. The van der Waals surface area contributed by atoms with Crippen LogP contribution in [0.5, 0.6) is 0 Å². The Balaban J connectivity index is 1.03. The minimum atomic E-state index is -0.00994. The van der Waals surface area contributed by atoms with E-state index < -0.39 is 0 Å². The molecular formula is C48H34N2S. The van der Waals surface area contributed by atoms with E-state index in [0.29, 0.717) is 0 Å². The predicted molar refractivity (Wildman–Crippen MR) is 218 cm³/mol. The number of thiophene rings is 1. The topological polar surface area (TPSA) is 16.1 Å². The second-order valence-corrected chi connectivity index (χ2v) is 15.1. The molecule has 2 heterocycles. The van der Waals surface area contributed by atoms with Crippen molar-refractivity contribution in [2.45, 2.75) is 19.3 Å². The normalized spacial score (nSPS) is 13.1. The highest BCUT2D eigenvalue weighted by atomic mass is 32.1. The van der Waals surface area contributed by atoms with Crippen LogP contribution in [-0.4, -0.2) is 4.98 Å². The van der Waals surface area contributed by atoms with Crippen LogP contribution in [-0.2, 0) is 5.41 Å². The van der Waals surface area contributed by atoms with Gasteiger partial charge in [-0.05, 0) is 104 Å². The Morgan fingerprint density at radius 2 is 1.14 bits per heavy atom. The third-order valence-electron chi connectivity index (χ3n) is 10.7. The molecule has 51 heavy (non-hydrogen) atoms. The first-order valence-electron chi connectivity index (χ1n) is 17.5. The van der Waals surface area contributed by atoms with Crippen molar-refractivity contribution < 1.29 is 0 Å². The van der Waals surface area contributed by atoms with Crippen LogP contribution >= 0.6 is 11.3 Å². The quantitative estimate of drug-likeness (QED) is 0.181. The molecule has 0 saturated carbocycles. The third kappa shape index (κ3) is 4.80. The summed E-state index contributed by atoms with van der Waals surface area (Å²) in [5.74, 6) is 0.894. The van der Waals surface area contributed by atoms with E-state index in [1.165, 1.54) is 75.5 Å². The molecule has 0 atom stereocenters. The van der Waals surface area contributed by atoms with Crippen LogP contribution in [0.1, 0.15) is 25.0 Å². The van der Waals surface area contributed by atoms with Crippen LogP contribution in [0, 0.1) is 0 Å². The van der Waals surface area contributed by atoms with Crippen LogP contribution in [0.25, 0.3) is 64.3 Å². The van der Waals surface area contributed by atoms with Crippen LogP contribution in [0.3, 0.4) is 0 Å². The minimum Gasteiger partial charge on any atom is -0.294 e. The molecule has 0 spiro atoms. The monoisotopic (exact) mass is 670 g/mol. The molecule has 242 valence electrons. The zero-order valence-electron chi connectivity index (χ0n) is 28.5. The predicted octanol–water partition coefficient (Wildman–Crippen LogP) is 13.7. The van der Waals surface area contributed by atoms with Gasteiger partial charge in [0, 0.05) is 42.9 Å². The highest BCUT2D eigenvalue weighted by Crippen LogP contribution is 2.49. The second kappa shape index (κ2) is 11.5. The fraction of sp³-hybridized carbons (Fsp3) is 0.0625. The van der Waals surface area contributed by atoms with Crippen LogP contribution in [0.4, 0.5) is 17.2 Å². The summed E-state index contributed by atoms with van der Waals surface area (Å²) in [5, 5.41) is 4.94. The van der Waals surface area contributed by atoms with Crippen molar-refractivity contribution in [1.29, 1.82) is 0 Å². The lowest BCUT2D eigenvalue weighted by molar-refractivity contribution is 0.660. The standard InChI is InChI=1S/C48H34N2S/c1-48(2)42-14-6-5-13-38(42)39-24-21-35(29-43(39)48)32-19-17-31(18-20-32)34-22-25-45-40(28-34)41-30-36(23-26-46(41)51-45)50(47-16-7-8-27-49-47)44-15-9-11-33-10-3-4-12-37(33)44/h3-30H,1-2H3. The van der Waals surface area contributed by atoms with Gasteiger partial charge in [0.25, 0.3) is 0 Å². The number of hydrogen-bond donors (Lipinski definition) is 0. The fourth-order valence-corrected chi connectivity index (χ4v) is 9.17. The van der Waals surface area contributed by atoms with Gasteiger partial charge in [0.05, 0.1) is 5.69 Å². The van der Waals surface area contributed by atoms with E-state index in [2.05, 4.69) is 176 Å². The van der Waals surface area contributed by atoms with Crippen molar-refractivity contribution in [3.8, 4) is 33.4 Å². The van der Waals surface area contributed by atoms with Gasteiger partial charge in [-0.15, -0.1) is 11.3 Å². The van der Waals surface area contributed by atoms with Crippen LogP contribution in [0.2, 0.25) is 0 Å². The summed E-state index contributed by atoms with van der Waals surface area (Å²) in [6.07, 6.45) is 1.87. The molecule has 10 rings (SSSR count). The van der Waals surface area contributed by atoms with E-state index >= 15 is 0 Å². The largest absolute Gasteiger partial charge is 0.294 e. The van der Waals surface area contributed by atoms with Gasteiger partial charge in [-0.3, -0.25) is 4.90 Å². The summed E-state index contributed by atoms with van der Waals surface area (Å²) >= 11 is 1.85. The highest BCUT2D eigenvalue weighted by molar-refractivity contribution is 7.25. The molecule has 7 aromatic carbocycles. The fourth-order valence-electron chi connectivity index (χ4n) is 8.11. The average molecular weight is 671 g/mol. The smallest absolute Gasteiger partial charge is 0.137 e. The molecule has 9 aromatic rings. The number of nitrogens with zero attached hydrogens (tertiary/aromatic N) is 2. The zero-order chi connectivity index (χ0) is 34.1. The second-order valence-electron chi connectivity index (χ2n) is 14.0. The Kier molecular flexibility index (Phi) is 6.74. The molecule has 0 saturated heterocycles. The molecule has 2 aromatic heterocycles. The van der Waals surface area contributed by atoms with E-state index in [0.717, 1.165) is 17.2 Å². The Bertz CT molecular complexity index is 2770. The summed E-state index contributed by atoms with van der Waals surface area (Å²) < 4.78 is 2.57. The number of benzene rings is 7. The molecule has 1 aliphatic carbocycles. The Labute approximate surface area is 301 Å². The molecule has 0 unspecified atom stereocenters. The van der Waals surface area contributed by atoms with Gasteiger partial charge in [0.15, 0.2) is 0 Å². The van der Waals surface area contributed by atoms with Crippen LogP contribution < -0.4 is 4.90 Å². The average Bonchev–Trinajstić information content (AvgIpc) is 3.66. The molecule has 2 nitrogen and oxygen atoms in total. The minimum absolute atomic E-state index is 0.00994. The van der Waals surface area contributed by atoms with Crippen molar-refractivity contribution in [2.24, 2.45) is 0 Å². The van der Waals surface area contributed by atoms with E-state index in [1.807, 2.05) is 23.6 Å². The van der Waals surface area contributed by atoms with Gasteiger partial charge in [-0.1, -0.05) is 123 Å². The van der Waals surface area contributed by atoms with Gasteiger partial charge >= 0.3 is 0 Å². The zero-order valence-corrected chi connectivity index (χ0v) is 29.3. The lowest BCUT2D eigenvalue weighted by Gasteiger charge is -2.25. The maximum atomic E-state index is 4.81. The number of pyridine rings is 1. The van der Waals surface area contributed by atoms with Crippen molar-refractivity contribution in [3.05, 3.63) is 181 Å².